The van der Waals surface area contributed by atoms with E-state index in [1.165, 1.54) is 6.26 Å². The molecule has 154 valence electrons. The summed E-state index contributed by atoms with van der Waals surface area (Å²) in [5.74, 6) is 1.71. The van der Waals surface area contributed by atoms with Crippen LogP contribution in [-0.2, 0) is 11.3 Å². The Morgan fingerprint density at radius 1 is 1.10 bits per heavy atom. The lowest BCUT2D eigenvalue weighted by Gasteiger charge is -2.31. The van der Waals surface area contributed by atoms with Crippen molar-refractivity contribution in [1.82, 2.24) is 4.90 Å². The average Bonchev–Trinajstić information content (AvgIpc) is 3.22. The largest absolute Gasteiger partial charge is 0.486 e. The Hall–Kier alpha value is -2.80. The summed E-state index contributed by atoms with van der Waals surface area (Å²) in [5, 5.41) is 0. The predicted molar refractivity (Wildman–Crippen MR) is 104 cm³/mol. The Kier molecular flexibility index (Phi) is 5.85. The van der Waals surface area contributed by atoms with Gasteiger partial charge in [0.15, 0.2) is 17.3 Å². The molecule has 2 aliphatic rings. The van der Waals surface area contributed by atoms with Gasteiger partial charge in [-0.25, -0.2) is 4.79 Å². The summed E-state index contributed by atoms with van der Waals surface area (Å²) in [4.78, 5) is 27.1. The molecule has 4 rings (SSSR count). The number of fused-ring (bicyclic) bond motifs is 1. The Labute approximate surface area is 169 Å². The van der Waals surface area contributed by atoms with Gasteiger partial charge >= 0.3 is 5.97 Å². The number of ketones is 1. The van der Waals surface area contributed by atoms with Crippen LogP contribution in [-0.4, -0.2) is 49.6 Å². The Morgan fingerprint density at radius 3 is 2.62 bits per heavy atom. The van der Waals surface area contributed by atoms with Crippen LogP contribution in [0.3, 0.4) is 0 Å². The van der Waals surface area contributed by atoms with Crippen LogP contribution >= 0.6 is 0 Å². The average molecular weight is 399 g/mol. The Balaban J connectivity index is 1.34. The second-order valence-electron chi connectivity index (χ2n) is 7.25. The summed E-state index contributed by atoms with van der Waals surface area (Å²) in [6, 6.07) is 7.06. The fraction of sp³-hybridized carbons (Fsp3) is 0.455. The summed E-state index contributed by atoms with van der Waals surface area (Å²) < 4.78 is 21.7. The molecule has 1 aromatic carbocycles. The van der Waals surface area contributed by atoms with Gasteiger partial charge in [0.25, 0.3) is 0 Å². The van der Waals surface area contributed by atoms with E-state index in [1.54, 1.807) is 19.1 Å². The van der Waals surface area contributed by atoms with Gasteiger partial charge in [0.05, 0.1) is 19.4 Å². The van der Waals surface area contributed by atoms with Gasteiger partial charge in [-0.05, 0) is 57.1 Å². The number of Topliss-reactive ketones (excluding diaryl/α,β-unsaturated/α-hetero) is 1. The van der Waals surface area contributed by atoms with Gasteiger partial charge in [0, 0.05) is 11.5 Å². The first-order valence-electron chi connectivity index (χ1n) is 10.1. The van der Waals surface area contributed by atoms with E-state index in [0.717, 1.165) is 25.9 Å². The summed E-state index contributed by atoms with van der Waals surface area (Å²) in [7, 11) is 0. The summed E-state index contributed by atoms with van der Waals surface area (Å²) in [6.45, 7) is 5.22. The molecule has 2 aliphatic heterocycles. The maximum absolute atomic E-state index is 12.9. The van der Waals surface area contributed by atoms with Crippen molar-refractivity contribution >= 4 is 11.8 Å². The molecule has 0 radical (unpaired) electrons. The number of rotatable bonds is 6. The molecule has 3 heterocycles. The topological polar surface area (TPSA) is 78.2 Å². The maximum Gasteiger partial charge on any atom is 0.341 e. The number of likely N-dealkylation sites (tertiary alicyclic amines) is 1. The summed E-state index contributed by atoms with van der Waals surface area (Å²) in [6.07, 6.45) is 3.05. The van der Waals surface area contributed by atoms with Crippen LogP contribution in [0.2, 0.25) is 0 Å². The predicted octanol–water partition coefficient (Wildman–Crippen LogP) is 3.32. The first-order chi connectivity index (χ1) is 14.2. The number of carbonyl (C=O) groups is 2. The van der Waals surface area contributed by atoms with Gasteiger partial charge in [-0.2, -0.15) is 0 Å². The standard InChI is InChI=1S/C22H25NO6/c1-2-26-22(25)17-7-10-27-20(17)14-23-8-5-15(6-9-23)21(24)16-3-4-18-19(13-16)29-12-11-28-18/h3-4,7,10,13,15H,2,5-6,8-9,11-12,14H2,1H3. The fourth-order valence-electron chi connectivity index (χ4n) is 3.84. The number of hydrogen-bond donors (Lipinski definition) is 0. The molecular formula is C22H25NO6. The monoisotopic (exact) mass is 399 g/mol. The SMILES string of the molecule is CCOC(=O)c1ccoc1CN1CCC(C(=O)c2ccc3c(c2)OCCO3)CC1. The van der Waals surface area contributed by atoms with Gasteiger partial charge in [-0.1, -0.05) is 0 Å². The number of piperidine rings is 1. The fourth-order valence-corrected chi connectivity index (χ4v) is 3.84. The highest BCUT2D eigenvalue weighted by atomic mass is 16.6. The van der Waals surface area contributed by atoms with Crippen LogP contribution in [0.4, 0.5) is 0 Å². The zero-order chi connectivity index (χ0) is 20.2. The molecule has 1 fully saturated rings. The van der Waals surface area contributed by atoms with Crippen LogP contribution in [0.1, 0.15) is 46.2 Å². The molecule has 0 unspecified atom stereocenters. The highest BCUT2D eigenvalue weighted by Crippen LogP contribution is 2.32. The van der Waals surface area contributed by atoms with E-state index in [2.05, 4.69) is 4.90 Å². The molecule has 0 aliphatic carbocycles. The van der Waals surface area contributed by atoms with E-state index in [-0.39, 0.29) is 17.7 Å². The molecule has 0 amide bonds. The van der Waals surface area contributed by atoms with Crippen LogP contribution in [0.15, 0.2) is 34.9 Å². The first kappa shape index (κ1) is 19.5. The minimum absolute atomic E-state index is 0.0186. The lowest BCUT2D eigenvalue weighted by atomic mass is 9.88. The van der Waals surface area contributed by atoms with E-state index in [9.17, 15) is 9.59 Å². The minimum Gasteiger partial charge on any atom is -0.486 e. The van der Waals surface area contributed by atoms with Crippen molar-refractivity contribution in [3.63, 3.8) is 0 Å². The Morgan fingerprint density at radius 2 is 1.86 bits per heavy atom. The molecule has 7 heteroatoms. The van der Waals surface area contributed by atoms with Crippen LogP contribution < -0.4 is 9.47 Å². The van der Waals surface area contributed by atoms with Gasteiger partial charge in [-0.3, -0.25) is 9.69 Å². The molecule has 29 heavy (non-hydrogen) atoms. The van der Waals surface area contributed by atoms with Gasteiger partial charge < -0.3 is 18.6 Å². The van der Waals surface area contributed by atoms with E-state index in [4.69, 9.17) is 18.6 Å². The third kappa shape index (κ3) is 4.29. The molecule has 0 bridgehead atoms. The highest BCUT2D eigenvalue weighted by molar-refractivity contribution is 5.98. The number of furan rings is 1. The molecule has 7 nitrogen and oxygen atoms in total. The molecule has 0 atom stereocenters. The molecule has 2 aromatic rings. The van der Waals surface area contributed by atoms with Gasteiger partial charge in [0.2, 0.25) is 0 Å². The second-order valence-corrected chi connectivity index (χ2v) is 7.25. The lowest BCUT2D eigenvalue weighted by molar-refractivity contribution is 0.0521. The quantitative estimate of drug-likeness (QED) is 0.545. The molecule has 1 saturated heterocycles. The highest BCUT2D eigenvalue weighted by Gasteiger charge is 2.28. The number of hydrogen-bond acceptors (Lipinski definition) is 7. The van der Waals surface area contributed by atoms with E-state index < -0.39 is 0 Å². The maximum atomic E-state index is 12.9. The summed E-state index contributed by atoms with van der Waals surface area (Å²) >= 11 is 0. The zero-order valence-corrected chi connectivity index (χ0v) is 16.5. The van der Waals surface area contributed by atoms with E-state index in [0.29, 0.717) is 54.8 Å². The third-order valence-corrected chi connectivity index (χ3v) is 5.39. The lowest BCUT2D eigenvalue weighted by Crippen LogP contribution is -2.36. The van der Waals surface area contributed by atoms with Gasteiger partial charge in [0.1, 0.15) is 24.5 Å². The van der Waals surface area contributed by atoms with Crippen molar-refractivity contribution in [3.05, 3.63) is 47.4 Å². The molecule has 0 N–H and O–H groups in total. The first-order valence-corrected chi connectivity index (χ1v) is 10.1. The molecule has 1 aromatic heterocycles. The van der Waals surface area contributed by atoms with Crippen LogP contribution in [0.5, 0.6) is 11.5 Å². The number of benzene rings is 1. The van der Waals surface area contributed by atoms with Crippen LogP contribution in [0.25, 0.3) is 0 Å². The van der Waals surface area contributed by atoms with Gasteiger partial charge in [-0.15, -0.1) is 0 Å². The van der Waals surface area contributed by atoms with E-state index in [1.807, 2.05) is 12.1 Å². The van der Waals surface area contributed by atoms with E-state index >= 15 is 0 Å². The smallest absolute Gasteiger partial charge is 0.341 e. The van der Waals surface area contributed by atoms with Crippen molar-refractivity contribution in [1.29, 1.82) is 0 Å². The van der Waals surface area contributed by atoms with Crippen molar-refractivity contribution in [2.24, 2.45) is 5.92 Å². The molecular weight excluding hydrogens is 374 g/mol. The number of ether oxygens (including phenoxy) is 3. The molecule has 0 spiro atoms. The third-order valence-electron chi connectivity index (χ3n) is 5.39. The number of nitrogens with zero attached hydrogens (tertiary/aromatic N) is 1. The van der Waals surface area contributed by atoms with Crippen molar-refractivity contribution in [2.75, 3.05) is 32.9 Å². The normalized spacial score (nSPS) is 17.1. The minimum atomic E-state index is -0.361. The van der Waals surface area contributed by atoms with Crippen molar-refractivity contribution in [2.45, 2.75) is 26.3 Å². The second kappa shape index (κ2) is 8.69. The number of esters is 1. The van der Waals surface area contributed by atoms with Crippen molar-refractivity contribution < 1.29 is 28.2 Å². The number of carbonyl (C=O) groups excluding carboxylic acids is 2. The van der Waals surface area contributed by atoms with Crippen molar-refractivity contribution in [3.8, 4) is 11.5 Å². The summed E-state index contributed by atoms with van der Waals surface area (Å²) in [5.41, 5.74) is 1.14. The zero-order valence-electron chi connectivity index (χ0n) is 16.5. The molecule has 0 saturated carbocycles. The Bertz CT molecular complexity index is 881. The van der Waals surface area contributed by atoms with Crippen LogP contribution in [0, 0.1) is 5.92 Å².